The predicted octanol–water partition coefficient (Wildman–Crippen LogP) is 4.20. The summed E-state index contributed by atoms with van der Waals surface area (Å²) in [7, 11) is 0. The van der Waals surface area contributed by atoms with Gasteiger partial charge >= 0.3 is 0 Å². The highest BCUT2D eigenvalue weighted by atomic mass is 79.9. The predicted molar refractivity (Wildman–Crippen MR) is 76.2 cm³/mol. The third-order valence-electron chi connectivity index (χ3n) is 3.53. The van der Waals surface area contributed by atoms with Crippen LogP contribution in [0, 0.1) is 0 Å². The maximum atomic E-state index is 3.68. The highest BCUT2D eigenvalue weighted by Crippen LogP contribution is 2.28. The Labute approximate surface area is 111 Å². The Hall–Kier alpha value is -0.860. The standard InChI is InChI=1S/C15H16BrN/c16-14-8-4-6-12-5-3-7-13(15(12)14)11-17-9-1-2-10-17/h3-8H,1-2,9-11H2. The first-order chi connectivity index (χ1) is 8.34. The Morgan fingerprint density at radius 2 is 1.71 bits per heavy atom. The largest absolute Gasteiger partial charge is 0.299 e. The number of benzene rings is 2. The lowest BCUT2D eigenvalue weighted by atomic mass is 10.0. The average Bonchev–Trinajstić information content (AvgIpc) is 2.82. The molecule has 0 radical (unpaired) electrons. The molecule has 0 amide bonds. The molecular formula is C15H16BrN. The van der Waals surface area contributed by atoms with Crippen LogP contribution < -0.4 is 0 Å². The van der Waals surface area contributed by atoms with Crippen LogP contribution in [-0.2, 0) is 6.54 Å². The molecule has 0 unspecified atom stereocenters. The Balaban J connectivity index is 2.03. The van der Waals surface area contributed by atoms with Crippen molar-refractivity contribution in [1.29, 1.82) is 0 Å². The van der Waals surface area contributed by atoms with E-state index in [4.69, 9.17) is 0 Å². The zero-order valence-electron chi connectivity index (χ0n) is 9.82. The normalized spacial score (nSPS) is 16.8. The van der Waals surface area contributed by atoms with Crippen molar-refractivity contribution >= 4 is 26.7 Å². The molecule has 2 heteroatoms. The molecule has 1 heterocycles. The lowest BCUT2D eigenvalue weighted by molar-refractivity contribution is 0.332. The third-order valence-corrected chi connectivity index (χ3v) is 4.19. The van der Waals surface area contributed by atoms with E-state index in [2.05, 4.69) is 57.2 Å². The van der Waals surface area contributed by atoms with Gasteiger partial charge in [-0.3, -0.25) is 4.90 Å². The van der Waals surface area contributed by atoms with Crippen molar-refractivity contribution in [3.63, 3.8) is 0 Å². The van der Waals surface area contributed by atoms with E-state index in [0.29, 0.717) is 0 Å². The van der Waals surface area contributed by atoms with Gasteiger partial charge in [-0.05, 0) is 42.9 Å². The summed E-state index contributed by atoms with van der Waals surface area (Å²) in [6, 6.07) is 13.0. The maximum Gasteiger partial charge on any atom is 0.0256 e. The molecule has 88 valence electrons. The molecule has 0 spiro atoms. The zero-order valence-corrected chi connectivity index (χ0v) is 11.4. The highest BCUT2D eigenvalue weighted by molar-refractivity contribution is 9.10. The molecule has 0 bridgehead atoms. The van der Waals surface area contributed by atoms with Crippen molar-refractivity contribution in [2.75, 3.05) is 13.1 Å². The summed E-state index contributed by atoms with van der Waals surface area (Å²) in [5.74, 6) is 0. The first-order valence-corrected chi connectivity index (χ1v) is 7.02. The highest BCUT2D eigenvalue weighted by Gasteiger charge is 2.13. The van der Waals surface area contributed by atoms with Crippen molar-refractivity contribution in [2.45, 2.75) is 19.4 Å². The molecule has 2 aromatic rings. The van der Waals surface area contributed by atoms with Gasteiger partial charge in [-0.1, -0.05) is 46.3 Å². The van der Waals surface area contributed by atoms with Crippen LogP contribution in [0.25, 0.3) is 10.8 Å². The number of halogens is 1. The number of fused-ring (bicyclic) bond motifs is 1. The molecule has 2 aromatic carbocycles. The van der Waals surface area contributed by atoms with Crippen LogP contribution in [-0.4, -0.2) is 18.0 Å². The zero-order chi connectivity index (χ0) is 11.7. The third kappa shape index (κ3) is 2.24. The summed E-state index contributed by atoms with van der Waals surface area (Å²) in [5, 5.41) is 2.71. The SMILES string of the molecule is Brc1cccc2cccc(CN3CCCC3)c12. The van der Waals surface area contributed by atoms with Crippen molar-refractivity contribution < 1.29 is 0 Å². The topological polar surface area (TPSA) is 3.24 Å². The first-order valence-electron chi connectivity index (χ1n) is 6.23. The van der Waals surface area contributed by atoms with Crippen LogP contribution in [0.4, 0.5) is 0 Å². The van der Waals surface area contributed by atoms with Crippen molar-refractivity contribution in [3.8, 4) is 0 Å². The van der Waals surface area contributed by atoms with Gasteiger partial charge in [0.25, 0.3) is 0 Å². The second-order valence-corrected chi connectivity index (χ2v) is 5.59. The van der Waals surface area contributed by atoms with Crippen LogP contribution in [0.15, 0.2) is 40.9 Å². The fourth-order valence-corrected chi connectivity index (χ4v) is 3.32. The Bertz CT molecular complexity index is 524. The molecule has 1 saturated heterocycles. The molecule has 1 fully saturated rings. The van der Waals surface area contributed by atoms with E-state index in [1.165, 1.54) is 46.7 Å². The minimum atomic E-state index is 1.08. The van der Waals surface area contributed by atoms with Gasteiger partial charge in [0.05, 0.1) is 0 Å². The number of hydrogen-bond acceptors (Lipinski definition) is 1. The summed E-state index contributed by atoms with van der Waals surface area (Å²) < 4.78 is 1.21. The average molecular weight is 290 g/mol. The minimum absolute atomic E-state index is 1.08. The smallest absolute Gasteiger partial charge is 0.0256 e. The van der Waals surface area contributed by atoms with Crippen molar-refractivity contribution in [3.05, 3.63) is 46.4 Å². The lowest BCUT2D eigenvalue weighted by Gasteiger charge is -2.16. The van der Waals surface area contributed by atoms with Crippen LogP contribution >= 0.6 is 15.9 Å². The van der Waals surface area contributed by atoms with E-state index in [-0.39, 0.29) is 0 Å². The molecule has 3 rings (SSSR count). The van der Waals surface area contributed by atoms with Gasteiger partial charge in [0.15, 0.2) is 0 Å². The number of likely N-dealkylation sites (tertiary alicyclic amines) is 1. The maximum absolute atomic E-state index is 3.68. The number of hydrogen-bond donors (Lipinski definition) is 0. The molecule has 0 saturated carbocycles. The Kier molecular flexibility index (Phi) is 3.17. The first kappa shape index (κ1) is 11.2. The summed E-state index contributed by atoms with van der Waals surface area (Å²) in [5.41, 5.74) is 1.44. The number of nitrogens with zero attached hydrogens (tertiary/aromatic N) is 1. The van der Waals surface area contributed by atoms with E-state index in [1.54, 1.807) is 0 Å². The van der Waals surface area contributed by atoms with E-state index >= 15 is 0 Å². The van der Waals surface area contributed by atoms with Gasteiger partial charge in [0.2, 0.25) is 0 Å². The molecule has 0 aliphatic carbocycles. The van der Waals surface area contributed by atoms with Gasteiger partial charge in [0.1, 0.15) is 0 Å². The minimum Gasteiger partial charge on any atom is -0.299 e. The van der Waals surface area contributed by atoms with Crippen molar-refractivity contribution in [2.24, 2.45) is 0 Å². The van der Waals surface area contributed by atoms with Crippen LogP contribution in [0.2, 0.25) is 0 Å². The molecule has 0 aromatic heterocycles. The molecule has 1 aliphatic rings. The summed E-state index contributed by atoms with van der Waals surface area (Å²) in [4.78, 5) is 2.55. The van der Waals surface area contributed by atoms with Crippen LogP contribution in [0.5, 0.6) is 0 Å². The van der Waals surface area contributed by atoms with Gasteiger partial charge in [-0.15, -0.1) is 0 Å². The Morgan fingerprint density at radius 3 is 2.47 bits per heavy atom. The van der Waals surface area contributed by atoms with Gasteiger partial charge in [-0.2, -0.15) is 0 Å². The Morgan fingerprint density at radius 1 is 1.00 bits per heavy atom. The number of rotatable bonds is 2. The van der Waals surface area contributed by atoms with E-state index in [0.717, 1.165) is 6.54 Å². The molecule has 0 N–H and O–H groups in total. The van der Waals surface area contributed by atoms with Gasteiger partial charge < -0.3 is 0 Å². The molecule has 0 atom stereocenters. The molecule has 1 aliphatic heterocycles. The van der Waals surface area contributed by atoms with Crippen LogP contribution in [0.3, 0.4) is 0 Å². The quantitative estimate of drug-likeness (QED) is 0.801. The molecular weight excluding hydrogens is 274 g/mol. The summed E-state index contributed by atoms with van der Waals surface area (Å²) in [6.45, 7) is 3.58. The fourth-order valence-electron chi connectivity index (χ4n) is 2.68. The van der Waals surface area contributed by atoms with E-state index in [1.807, 2.05) is 0 Å². The van der Waals surface area contributed by atoms with E-state index < -0.39 is 0 Å². The monoisotopic (exact) mass is 289 g/mol. The van der Waals surface area contributed by atoms with E-state index in [9.17, 15) is 0 Å². The second-order valence-electron chi connectivity index (χ2n) is 4.74. The van der Waals surface area contributed by atoms with Gasteiger partial charge in [-0.25, -0.2) is 0 Å². The lowest BCUT2D eigenvalue weighted by Crippen LogP contribution is -2.18. The molecule has 1 nitrogen and oxygen atoms in total. The molecule has 17 heavy (non-hydrogen) atoms. The summed E-state index contributed by atoms with van der Waals surface area (Å²) >= 11 is 3.68. The summed E-state index contributed by atoms with van der Waals surface area (Å²) in [6.07, 6.45) is 2.71. The fraction of sp³-hybridized carbons (Fsp3) is 0.333. The van der Waals surface area contributed by atoms with Gasteiger partial charge in [0, 0.05) is 16.4 Å². The second kappa shape index (κ2) is 4.79. The van der Waals surface area contributed by atoms with Crippen LogP contribution in [0.1, 0.15) is 18.4 Å². The van der Waals surface area contributed by atoms with Crippen molar-refractivity contribution in [1.82, 2.24) is 4.90 Å².